The van der Waals surface area contributed by atoms with Crippen molar-refractivity contribution in [2.24, 2.45) is 5.73 Å². The first kappa shape index (κ1) is 14.4. The van der Waals surface area contributed by atoms with Crippen LogP contribution >= 0.6 is 11.6 Å². The summed E-state index contributed by atoms with van der Waals surface area (Å²) in [6, 6.07) is -0.184. The third-order valence-corrected chi connectivity index (χ3v) is 2.97. The van der Waals surface area contributed by atoms with Crippen molar-refractivity contribution >= 4 is 11.6 Å². The van der Waals surface area contributed by atoms with Gasteiger partial charge in [0, 0.05) is 14.2 Å². The third-order valence-electron chi connectivity index (χ3n) is 2.68. The van der Waals surface area contributed by atoms with E-state index in [0.717, 1.165) is 5.69 Å². The Morgan fingerprint density at radius 3 is 2.82 bits per heavy atom. The third kappa shape index (κ3) is 3.96. The highest BCUT2D eigenvalue weighted by Gasteiger charge is 2.18. The van der Waals surface area contributed by atoms with Crippen LogP contribution in [0.15, 0.2) is 6.20 Å². The van der Waals surface area contributed by atoms with Gasteiger partial charge in [0.15, 0.2) is 0 Å². The van der Waals surface area contributed by atoms with Crippen molar-refractivity contribution in [1.29, 1.82) is 0 Å². The predicted octanol–water partition coefficient (Wildman–Crippen LogP) is 1.61. The van der Waals surface area contributed by atoms with Crippen molar-refractivity contribution in [2.45, 2.75) is 32.0 Å². The summed E-state index contributed by atoms with van der Waals surface area (Å²) in [7, 11) is 3.32. The van der Waals surface area contributed by atoms with Crippen LogP contribution in [0.4, 0.5) is 0 Å². The zero-order valence-electron chi connectivity index (χ0n) is 10.5. The Labute approximate surface area is 107 Å². The van der Waals surface area contributed by atoms with Gasteiger partial charge < -0.3 is 15.2 Å². The molecule has 6 heteroatoms. The fourth-order valence-corrected chi connectivity index (χ4v) is 1.94. The summed E-state index contributed by atoms with van der Waals surface area (Å²) in [5.74, 6) is 0. The van der Waals surface area contributed by atoms with Gasteiger partial charge in [0.2, 0.25) is 0 Å². The Morgan fingerprint density at radius 1 is 1.53 bits per heavy atom. The van der Waals surface area contributed by atoms with E-state index in [0.29, 0.717) is 24.6 Å². The minimum absolute atomic E-state index is 0.0897. The second-order valence-electron chi connectivity index (χ2n) is 3.98. The summed E-state index contributed by atoms with van der Waals surface area (Å²) in [6.07, 6.45) is 2.41. The number of rotatable bonds is 7. The molecule has 1 aromatic rings. The maximum atomic E-state index is 6.12. The molecule has 0 radical (unpaired) electrons. The average Bonchev–Trinajstić information content (AvgIpc) is 2.67. The zero-order valence-corrected chi connectivity index (χ0v) is 11.3. The molecule has 2 N–H and O–H groups in total. The van der Waals surface area contributed by atoms with Crippen molar-refractivity contribution in [2.75, 3.05) is 20.8 Å². The van der Waals surface area contributed by atoms with Crippen LogP contribution in [0.3, 0.4) is 0 Å². The van der Waals surface area contributed by atoms with Gasteiger partial charge in [-0.1, -0.05) is 11.6 Å². The second kappa shape index (κ2) is 6.96. The van der Waals surface area contributed by atoms with Gasteiger partial charge in [-0.2, -0.15) is 5.10 Å². The average molecular weight is 262 g/mol. The lowest BCUT2D eigenvalue weighted by Crippen LogP contribution is -2.22. The van der Waals surface area contributed by atoms with E-state index in [1.165, 1.54) is 0 Å². The molecule has 0 saturated heterocycles. The van der Waals surface area contributed by atoms with Gasteiger partial charge in [-0.3, -0.25) is 4.68 Å². The monoisotopic (exact) mass is 261 g/mol. The number of aromatic nitrogens is 2. The molecule has 1 rings (SSSR count). The highest BCUT2D eigenvalue weighted by molar-refractivity contribution is 6.31. The summed E-state index contributed by atoms with van der Waals surface area (Å²) >= 11 is 6.10. The highest BCUT2D eigenvalue weighted by atomic mass is 35.5. The standard InChI is InChI=1S/C11H20ClN3O2/c1-8(17-3)6-10(13)11-9(12)7-14-15(11)4-5-16-2/h7-8,10H,4-6,13H2,1-3H3. The molecule has 0 bridgehead atoms. The van der Waals surface area contributed by atoms with Gasteiger partial charge in [0.25, 0.3) is 0 Å². The number of methoxy groups -OCH3 is 2. The van der Waals surface area contributed by atoms with Crippen LogP contribution in [0.5, 0.6) is 0 Å². The van der Waals surface area contributed by atoms with E-state index >= 15 is 0 Å². The molecule has 0 aliphatic heterocycles. The van der Waals surface area contributed by atoms with E-state index in [-0.39, 0.29) is 12.1 Å². The van der Waals surface area contributed by atoms with Gasteiger partial charge in [-0.15, -0.1) is 0 Å². The van der Waals surface area contributed by atoms with Crippen LogP contribution in [0.1, 0.15) is 25.1 Å². The van der Waals surface area contributed by atoms with E-state index in [9.17, 15) is 0 Å². The number of ether oxygens (including phenoxy) is 2. The van der Waals surface area contributed by atoms with E-state index in [1.54, 1.807) is 25.1 Å². The molecular formula is C11H20ClN3O2. The van der Waals surface area contributed by atoms with Crippen molar-refractivity contribution < 1.29 is 9.47 Å². The Kier molecular flexibility index (Phi) is 5.91. The summed E-state index contributed by atoms with van der Waals surface area (Å²) in [6.45, 7) is 3.20. The van der Waals surface area contributed by atoms with Crippen molar-refractivity contribution in [3.63, 3.8) is 0 Å². The van der Waals surface area contributed by atoms with Gasteiger partial charge in [0.1, 0.15) is 0 Å². The molecule has 2 atom stereocenters. The summed E-state index contributed by atoms with van der Waals surface area (Å²) in [5.41, 5.74) is 6.96. The molecule has 0 spiro atoms. The van der Waals surface area contributed by atoms with Gasteiger partial charge >= 0.3 is 0 Å². The molecule has 1 heterocycles. The first-order chi connectivity index (χ1) is 8.10. The van der Waals surface area contributed by atoms with Crippen LogP contribution in [-0.4, -0.2) is 36.7 Å². The van der Waals surface area contributed by atoms with Gasteiger partial charge in [-0.25, -0.2) is 0 Å². The Hall–Kier alpha value is -0.620. The molecule has 5 nitrogen and oxygen atoms in total. The lowest BCUT2D eigenvalue weighted by molar-refractivity contribution is 0.103. The zero-order chi connectivity index (χ0) is 12.8. The molecule has 0 amide bonds. The summed E-state index contributed by atoms with van der Waals surface area (Å²) < 4.78 is 12.0. The second-order valence-corrected chi connectivity index (χ2v) is 4.39. The maximum absolute atomic E-state index is 6.12. The summed E-state index contributed by atoms with van der Waals surface area (Å²) in [4.78, 5) is 0. The fraction of sp³-hybridized carbons (Fsp3) is 0.727. The number of nitrogens with two attached hydrogens (primary N) is 1. The lowest BCUT2D eigenvalue weighted by atomic mass is 10.1. The van der Waals surface area contributed by atoms with Crippen LogP contribution in [-0.2, 0) is 16.0 Å². The smallest absolute Gasteiger partial charge is 0.0834 e. The van der Waals surface area contributed by atoms with Crippen LogP contribution < -0.4 is 5.73 Å². The first-order valence-corrected chi connectivity index (χ1v) is 5.96. The van der Waals surface area contributed by atoms with E-state index in [1.807, 2.05) is 6.92 Å². The molecule has 0 aliphatic carbocycles. The molecule has 0 aliphatic rings. The Balaban J connectivity index is 2.76. The SMILES string of the molecule is COCCn1ncc(Cl)c1C(N)CC(C)OC. The molecule has 98 valence electrons. The normalized spacial score (nSPS) is 14.9. The molecule has 17 heavy (non-hydrogen) atoms. The van der Waals surface area contributed by atoms with E-state index in [2.05, 4.69) is 5.10 Å². The molecular weight excluding hydrogens is 242 g/mol. The van der Waals surface area contributed by atoms with E-state index < -0.39 is 0 Å². The van der Waals surface area contributed by atoms with Crippen LogP contribution in [0.2, 0.25) is 5.02 Å². The van der Waals surface area contributed by atoms with Crippen molar-refractivity contribution in [3.8, 4) is 0 Å². The quantitative estimate of drug-likeness (QED) is 0.810. The fourth-order valence-electron chi connectivity index (χ4n) is 1.66. The van der Waals surface area contributed by atoms with Crippen LogP contribution in [0, 0.1) is 0 Å². The lowest BCUT2D eigenvalue weighted by Gasteiger charge is -2.18. The molecule has 2 unspecified atom stereocenters. The number of hydrogen-bond donors (Lipinski definition) is 1. The minimum atomic E-state index is -0.184. The first-order valence-electron chi connectivity index (χ1n) is 5.58. The van der Waals surface area contributed by atoms with Crippen molar-refractivity contribution in [3.05, 3.63) is 16.9 Å². The minimum Gasteiger partial charge on any atom is -0.383 e. The molecule has 0 aromatic carbocycles. The summed E-state index contributed by atoms with van der Waals surface area (Å²) in [5, 5.41) is 4.79. The van der Waals surface area contributed by atoms with Gasteiger partial charge in [-0.05, 0) is 13.3 Å². The molecule has 0 fully saturated rings. The Bertz CT molecular complexity index is 343. The number of nitrogens with zero attached hydrogens (tertiary/aromatic N) is 2. The Morgan fingerprint density at radius 2 is 2.24 bits per heavy atom. The molecule has 1 aromatic heterocycles. The number of hydrogen-bond acceptors (Lipinski definition) is 4. The van der Waals surface area contributed by atoms with Crippen LogP contribution in [0.25, 0.3) is 0 Å². The topological polar surface area (TPSA) is 62.3 Å². The highest BCUT2D eigenvalue weighted by Crippen LogP contribution is 2.24. The largest absolute Gasteiger partial charge is 0.383 e. The van der Waals surface area contributed by atoms with Gasteiger partial charge in [0.05, 0.1) is 42.2 Å². The number of halogens is 1. The van der Waals surface area contributed by atoms with E-state index in [4.69, 9.17) is 26.8 Å². The predicted molar refractivity (Wildman–Crippen MR) is 67.1 cm³/mol. The maximum Gasteiger partial charge on any atom is 0.0834 e. The molecule has 0 saturated carbocycles. The van der Waals surface area contributed by atoms with Crippen molar-refractivity contribution in [1.82, 2.24) is 9.78 Å².